The molecule has 0 radical (unpaired) electrons. The Morgan fingerprint density at radius 2 is 2.30 bits per heavy atom. The Hall–Kier alpha value is -0.340. The summed E-state index contributed by atoms with van der Waals surface area (Å²) in [5.41, 5.74) is 0. The summed E-state index contributed by atoms with van der Waals surface area (Å²) in [7, 11) is 0. The van der Waals surface area contributed by atoms with Gasteiger partial charge in [-0.3, -0.25) is 0 Å². The Labute approximate surface area is 62.9 Å². The molecule has 0 aromatic carbocycles. The lowest BCUT2D eigenvalue weighted by atomic mass is 10.3. The number of allylic oxidation sites excluding steroid dienone is 1. The summed E-state index contributed by atoms with van der Waals surface area (Å²) in [5.74, 6) is 0. The first-order valence-corrected chi connectivity index (χ1v) is 3.81. The van der Waals surface area contributed by atoms with Crippen molar-refractivity contribution < 1.29 is 5.11 Å². The zero-order chi connectivity index (χ0) is 7.82. The smallest absolute Gasteiger partial charge is 0.0662 e. The van der Waals surface area contributed by atoms with Crippen molar-refractivity contribution in [1.82, 2.24) is 5.32 Å². The van der Waals surface area contributed by atoms with Gasteiger partial charge in [-0.15, -0.1) is 0 Å². The molecular formula is C8H17NO. The molecule has 0 fully saturated rings. The highest BCUT2D eigenvalue weighted by Crippen LogP contribution is 1.85. The van der Waals surface area contributed by atoms with Gasteiger partial charge in [0.2, 0.25) is 0 Å². The molecule has 0 bridgehead atoms. The summed E-state index contributed by atoms with van der Waals surface area (Å²) >= 11 is 0. The quantitative estimate of drug-likeness (QED) is 0.443. The fraction of sp³-hybridized carbons (Fsp3) is 0.750. The van der Waals surface area contributed by atoms with Gasteiger partial charge in [0.1, 0.15) is 0 Å². The van der Waals surface area contributed by atoms with Gasteiger partial charge >= 0.3 is 0 Å². The molecule has 2 heteroatoms. The van der Waals surface area contributed by atoms with Crippen molar-refractivity contribution in [3.8, 4) is 0 Å². The van der Waals surface area contributed by atoms with E-state index in [1.54, 1.807) is 0 Å². The summed E-state index contributed by atoms with van der Waals surface area (Å²) in [6, 6.07) is 0. The fourth-order valence-corrected chi connectivity index (χ4v) is 0.595. The number of hydrogen-bond acceptors (Lipinski definition) is 2. The van der Waals surface area contributed by atoms with Crippen LogP contribution in [0.2, 0.25) is 0 Å². The maximum absolute atomic E-state index is 9.07. The Kier molecular flexibility index (Phi) is 6.55. The first-order chi connectivity index (χ1) is 4.81. The molecule has 10 heavy (non-hydrogen) atoms. The topological polar surface area (TPSA) is 32.3 Å². The monoisotopic (exact) mass is 143 g/mol. The van der Waals surface area contributed by atoms with Crippen LogP contribution >= 0.6 is 0 Å². The van der Waals surface area contributed by atoms with Crippen LogP contribution in [0.25, 0.3) is 0 Å². The van der Waals surface area contributed by atoms with Crippen molar-refractivity contribution in [2.24, 2.45) is 0 Å². The third kappa shape index (κ3) is 5.79. The van der Waals surface area contributed by atoms with Crippen LogP contribution in [0.15, 0.2) is 12.2 Å². The first kappa shape index (κ1) is 9.66. The molecule has 0 spiro atoms. The highest BCUT2D eigenvalue weighted by atomic mass is 16.3. The average molecular weight is 143 g/mol. The molecule has 2 nitrogen and oxygen atoms in total. The highest BCUT2D eigenvalue weighted by Gasteiger charge is 1.96. The molecule has 2 N–H and O–H groups in total. The van der Waals surface area contributed by atoms with Gasteiger partial charge in [-0.05, 0) is 13.3 Å². The second kappa shape index (κ2) is 6.78. The molecule has 0 saturated heterocycles. The molecule has 0 amide bonds. The molecule has 60 valence electrons. The summed E-state index contributed by atoms with van der Waals surface area (Å²) in [6.45, 7) is 5.51. The van der Waals surface area contributed by atoms with Crippen molar-refractivity contribution in [3.63, 3.8) is 0 Å². The predicted molar refractivity (Wildman–Crippen MR) is 44.0 cm³/mol. The standard InChI is InChI=1S/C8H17NO/c1-3-5-6-9-7-8(10)4-2/h3,5,8-10H,4,6-7H2,1-2H3/b5-3+/t8-/m0/s1. The summed E-state index contributed by atoms with van der Waals surface area (Å²) in [6.07, 6.45) is 4.65. The maximum atomic E-state index is 9.07. The lowest BCUT2D eigenvalue weighted by Gasteiger charge is -2.06. The zero-order valence-electron chi connectivity index (χ0n) is 6.80. The van der Waals surface area contributed by atoms with Gasteiger partial charge in [0.15, 0.2) is 0 Å². The van der Waals surface area contributed by atoms with E-state index in [1.807, 2.05) is 26.0 Å². The lowest BCUT2D eigenvalue weighted by molar-refractivity contribution is 0.169. The van der Waals surface area contributed by atoms with Crippen LogP contribution in [0.5, 0.6) is 0 Å². The van der Waals surface area contributed by atoms with E-state index in [9.17, 15) is 0 Å². The van der Waals surface area contributed by atoms with Gasteiger partial charge in [-0.2, -0.15) is 0 Å². The van der Waals surface area contributed by atoms with Crippen molar-refractivity contribution >= 4 is 0 Å². The number of aliphatic hydroxyl groups is 1. The zero-order valence-corrected chi connectivity index (χ0v) is 6.80. The van der Waals surface area contributed by atoms with E-state index in [0.29, 0.717) is 6.54 Å². The molecule has 0 aliphatic rings. The van der Waals surface area contributed by atoms with Gasteiger partial charge in [0.25, 0.3) is 0 Å². The minimum absolute atomic E-state index is 0.190. The average Bonchev–Trinajstić information content (AvgIpc) is 1.98. The van der Waals surface area contributed by atoms with E-state index < -0.39 is 0 Å². The largest absolute Gasteiger partial charge is 0.392 e. The number of nitrogens with one attached hydrogen (secondary N) is 1. The van der Waals surface area contributed by atoms with E-state index in [-0.39, 0.29) is 6.10 Å². The Morgan fingerprint density at radius 1 is 1.60 bits per heavy atom. The van der Waals surface area contributed by atoms with Crippen LogP contribution < -0.4 is 5.32 Å². The van der Waals surface area contributed by atoms with Crippen LogP contribution in [0.4, 0.5) is 0 Å². The van der Waals surface area contributed by atoms with Crippen LogP contribution in [-0.4, -0.2) is 24.3 Å². The second-order valence-electron chi connectivity index (χ2n) is 2.29. The van der Waals surface area contributed by atoms with Crippen LogP contribution in [-0.2, 0) is 0 Å². The number of aliphatic hydroxyl groups excluding tert-OH is 1. The lowest BCUT2D eigenvalue weighted by Crippen LogP contribution is -2.26. The molecule has 0 aliphatic heterocycles. The Bertz CT molecular complexity index is 91.3. The van der Waals surface area contributed by atoms with E-state index >= 15 is 0 Å². The van der Waals surface area contributed by atoms with Crippen molar-refractivity contribution in [1.29, 1.82) is 0 Å². The van der Waals surface area contributed by atoms with Gasteiger partial charge in [-0.1, -0.05) is 19.1 Å². The summed E-state index contributed by atoms with van der Waals surface area (Å²) in [5, 5.41) is 12.2. The summed E-state index contributed by atoms with van der Waals surface area (Å²) in [4.78, 5) is 0. The highest BCUT2D eigenvalue weighted by molar-refractivity contribution is 4.79. The SMILES string of the molecule is C/C=C/CNC[C@@H](O)CC. The minimum atomic E-state index is -0.190. The van der Waals surface area contributed by atoms with Gasteiger partial charge in [0, 0.05) is 13.1 Å². The minimum Gasteiger partial charge on any atom is -0.392 e. The van der Waals surface area contributed by atoms with E-state index in [1.165, 1.54) is 0 Å². The molecule has 0 aliphatic carbocycles. The maximum Gasteiger partial charge on any atom is 0.0662 e. The van der Waals surface area contributed by atoms with Gasteiger partial charge in [-0.25, -0.2) is 0 Å². The number of rotatable bonds is 5. The molecule has 0 aromatic rings. The second-order valence-corrected chi connectivity index (χ2v) is 2.29. The van der Waals surface area contributed by atoms with E-state index in [4.69, 9.17) is 5.11 Å². The Balaban J connectivity index is 3.03. The summed E-state index contributed by atoms with van der Waals surface area (Å²) < 4.78 is 0. The fourth-order valence-electron chi connectivity index (χ4n) is 0.595. The van der Waals surface area contributed by atoms with Crippen molar-refractivity contribution in [3.05, 3.63) is 12.2 Å². The first-order valence-electron chi connectivity index (χ1n) is 3.81. The Morgan fingerprint density at radius 3 is 2.80 bits per heavy atom. The molecule has 0 unspecified atom stereocenters. The molecule has 0 rings (SSSR count). The van der Waals surface area contributed by atoms with Crippen LogP contribution in [0, 0.1) is 0 Å². The van der Waals surface area contributed by atoms with Gasteiger partial charge < -0.3 is 10.4 Å². The predicted octanol–water partition coefficient (Wildman–Crippen LogP) is 0.923. The van der Waals surface area contributed by atoms with E-state index in [0.717, 1.165) is 13.0 Å². The van der Waals surface area contributed by atoms with Crippen molar-refractivity contribution in [2.75, 3.05) is 13.1 Å². The van der Waals surface area contributed by atoms with Crippen molar-refractivity contribution in [2.45, 2.75) is 26.4 Å². The van der Waals surface area contributed by atoms with Crippen LogP contribution in [0.3, 0.4) is 0 Å². The van der Waals surface area contributed by atoms with Gasteiger partial charge in [0.05, 0.1) is 6.10 Å². The molecule has 0 saturated carbocycles. The molecule has 0 aromatic heterocycles. The molecule has 0 heterocycles. The molecular weight excluding hydrogens is 126 g/mol. The normalized spacial score (nSPS) is 14.3. The third-order valence-electron chi connectivity index (χ3n) is 1.35. The van der Waals surface area contributed by atoms with Crippen LogP contribution in [0.1, 0.15) is 20.3 Å². The number of hydrogen-bond donors (Lipinski definition) is 2. The third-order valence-corrected chi connectivity index (χ3v) is 1.35. The molecule has 1 atom stereocenters. The van der Waals surface area contributed by atoms with E-state index in [2.05, 4.69) is 5.32 Å².